The number of nitrogens with zero attached hydrogens (tertiary/aromatic N) is 1. The number of nitrogens with one attached hydrogen (secondary N) is 1. The molecule has 3 aromatic carbocycles. The molecule has 8 heteroatoms. The fourth-order valence-corrected chi connectivity index (χ4v) is 5.15. The minimum Gasteiger partial charge on any atom is -0.337 e. The van der Waals surface area contributed by atoms with Crippen molar-refractivity contribution in [2.24, 2.45) is 0 Å². The Bertz CT molecular complexity index is 1390. The number of carbonyl (C=O) groups is 1. The summed E-state index contributed by atoms with van der Waals surface area (Å²) >= 11 is 11.9. The number of halogens is 2. The number of para-hydroxylation sites is 1. The van der Waals surface area contributed by atoms with Gasteiger partial charge in [-0.3, -0.25) is 4.79 Å². The van der Waals surface area contributed by atoms with Crippen molar-refractivity contribution in [2.75, 3.05) is 5.32 Å². The average Bonchev–Trinajstić information content (AvgIpc) is 3.10. The number of aromatic nitrogens is 1. The van der Waals surface area contributed by atoms with Crippen molar-refractivity contribution in [3.8, 4) is 0 Å². The Hall–Kier alpha value is -2.80. The first-order valence-electron chi connectivity index (χ1n) is 9.40. The zero-order valence-electron chi connectivity index (χ0n) is 16.5. The monoisotopic (exact) mass is 472 g/mol. The lowest BCUT2D eigenvalue weighted by Crippen LogP contribution is -2.18. The van der Waals surface area contributed by atoms with Crippen molar-refractivity contribution in [1.82, 2.24) is 4.57 Å². The highest BCUT2D eigenvalue weighted by Crippen LogP contribution is 2.31. The van der Waals surface area contributed by atoms with E-state index in [2.05, 4.69) is 5.32 Å². The molecule has 5 nitrogen and oxygen atoms in total. The standard InChI is InChI=1S/C23H18Cl2N2O3S/c1-15-6-7-17(25)12-20(15)26-23(28)14-27-13-22(19-4-2-3-5-21(19)27)31(29,30)18-10-8-16(24)9-11-18/h2-13H,14H2,1H3,(H,26,28). The van der Waals surface area contributed by atoms with Gasteiger partial charge in [0.25, 0.3) is 0 Å². The van der Waals surface area contributed by atoms with Gasteiger partial charge in [-0.15, -0.1) is 0 Å². The van der Waals surface area contributed by atoms with Gasteiger partial charge in [0.2, 0.25) is 15.7 Å². The highest BCUT2D eigenvalue weighted by atomic mass is 35.5. The molecule has 0 bridgehead atoms. The summed E-state index contributed by atoms with van der Waals surface area (Å²) in [6.45, 7) is 1.82. The molecule has 158 valence electrons. The van der Waals surface area contributed by atoms with Gasteiger partial charge in [0.1, 0.15) is 6.54 Å². The number of hydrogen-bond acceptors (Lipinski definition) is 3. The van der Waals surface area contributed by atoms with Gasteiger partial charge < -0.3 is 9.88 Å². The lowest BCUT2D eigenvalue weighted by molar-refractivity contribution is -0.116. The van der Waals surface area contributed by atoms with Gasteiger partial charge in [-0.1, -0.05) is 47.5 Å². The van der Waals surface area contributed by atoms with Crippen LogP contribution in [0, 0.1) is 6.92 Å². The molecule has 31 heavy (non-hydrogen) atoms. The number of rotatable bonds is 5. The van der Waals surface area contributed by atoms with E-state index in [1.807, 2.05) is 13.0 Å². The van der Waals surface area contributed by atoms with Crippen molar-refractivity contribution in [3.63, 3.8) is 0 Å². The largest absolute Gasteiger partial charge is 0.337 e. The van der Waals surface area contributed by atoms with E-state index in [0.717, 1.165) is 5.56 Å². The van der Waals surface area contributed by atoms with Crippen LogP contribution in [0.2, 0.25) is 10.0 Å². The molecule has 0 radical (unpaired) electrons. The van der Waals surface area contributed by atoms with Crippen LogP contribution in [0.5, 0.6) is 0 Å². The number of benzene rings is 3. The lowest BCUT2D eigenvalue weighted by Gasteiger charge is -2.10. The fraction of sp³-hybridized carbons (Fsp3) is 0.0870. The second-order valence-corrected chi connectivity index (χ2v) is 9.89. The number of sulfone groups is 1. The Labute approximate surface area is 190 Å². The topological polar surface area (TPSA) is 68.2 Å². The van der Waals surface area contributed by atoms with Crippen LogP contribution in [0.4, 0.5) is 5.69 Å². The molecule has 0 unspecified atom stereocenters. The van der Waals surface area contributed by atoms with Crippen molar-refractivity contribution < 1.29 is 13.2 Å². The number of hydrogen-bond donors (Lipinski definition) is 1. The molecule has 0 saturated heterocycles. The van der Waals surface area contributed by atoms with E-state index in [4.69, 9.17) is 23.2 Å². The van der Waals surface area contributed by atoms with Gasteiger partial charge in [0.05, 0.1) is 9.79 Å². The van der Waals surface area contributed by atoms with Crippen LogP contribution in [-0.4, -0.2) is 18.9 Å². The van der Waals surface area contributed by atoms with Crippen LogP contribution >= 0.6 is 23.2 Å². The van der Waals surface area contributed by atoms with Crippen LogP contribution in [-0.2, 0) is 21.2 Å². The van der Waals surface area contributed by atoms with E-state index in [0.29, 0.717) is 26.6 Å². The molecule has 0 fully saturated rings. The Morgan fingerprint density at radius 1 is 0.968 bits per heavy atom. The third-order valence-electron chi connectivity index (χ3n) is 4.95. The molecule has 1 N–H and O–H groups in total. The van der Waals surface area contributed by atoms with E-state index in [1.165, 1.54) is 30.5 Å². The maximum atomic E-state index is 13.3. The summed E-state index contributed by atoms with van der Waals surface area (Å²) in [7, 11) is -3.80. The predicted octanol–water partition coefficient (Wildman–Crippen LogP) is 5.73. The molecule has 0 spiro atoms. The zero-order valence-corrected chi connectivity index (χ0v) is 18.8. The van der Waals surface area contributed by atoms with E-state index < -0.39 is 9.84 Å². The maximum Gasteiger partial charge on any atom is 0.244 e. The molecule has 0 aliphatic rings. The molecular formula is C23H18Cl2N2O3S. The molecule has 4 rings (SSSR count). The van der Waals surface area contributed by atoms with Crippen LogP contribution in [0.15, 0.2) is 82.7 Å². The summed E-state index contributed by atoms with van der Waals surface area (Å²) in [5, 5.41) is 4.36. The third kappa shape index (κ3) is 4.32. The normalized spacial score (nSPS) is 11.6. The van der Waals surface area contributed by atoms with E-state index in [-0.39, 0.29) is 22.2 Å². The minimum absolute atomic E-state index is 0.0530. The van der Waals surface area contributed by atoms with Crippen molar-refractivity contribution >= 4 is 55.5 Å². The van der Waals surface area contributed by atoms with Crippen LogP contribution in [0.25, 0.3) is 10.9 Å². The molecule has 0 atom stereocenters. The van der Waals surface area contributed by atoms with Crippen LogP contribution in [0.3, 0.4) is 0 Å². The Kier molecular flexibility index (Phi) is 5.79. The average molecular weight is 473 g/mol. The molecule has 0 saturated carbocycles. The number of anilines is 1. The van der Waals surface area contributed by atoms with E-state index in [1.54, 1.807) is 41.0 Å². The lowest BCUT2D eigenvalue weighted by atomic mass is 10.2. The highest BCUT2D eigenvalue weighted by Gasteiger charge is 2.24. The highest BCUT2D eigenvalue weighted by molar-refractivity contribution is 7.91. The molecule has 4 aromatic rings. The van der Waals surface area contributed by atoms with Crippen molar-refractivity contribution in [1.29, 1.82) is 0 Å². The first kappa shape index (κ1) is 21.4. The molecule has 1 heterocycles. The van der Waals surface area contributed by atoms with Crippen molar-refractivity contribution in [3.05, 3.63) is 88.5 Å². The summed E-state index contributed by atoms with van der Waals surface area (Å²) in [5.41, 5.74) is 2.14. The molecule has 0 aliphatic carbocycles. The second kappa shape index (κ2) is 8.38. The van der Waals surface area contributed by atoms with E-state index >= 15 is 0 Å². The van der Waals surface area contributed by atoms with Gasteiger partial charge in [0, 0.05) is 32.8 Å². The summed E-state index contributed by atoms with van der Waals surface area (Å²) < 4.78 is 28.2. The summed E-state index contributed by atoms with van der Waals surface area (Å²) in [4.78, 5) is 13.0. The summed E-state index contributed by atoms with van der Waals surface area (Å²) in [6.07, 6.45) is 1.50. The SMILES string of the molecule is Cc1ccc(Cl)cc1NC(=O)Cn1cc(S(=O)(=O)c2ccc(Cl)cc2)c2ccccc21. The number of fused-ring (bicyclic) bond motifs is 1. The number of amides is 1. The molecule has 1 amide bonds. The maximum absolute atomic E-state index is 13.3. The third-order valence-corrected chi connectivity index (χ3v) is 7.24. The van der Waals surface area contributed by atoms with Crippen LogP contribution in [0.1, 0.15) is 5.56 Å². The van der Waals surface area contributed by atoms with E-state index in [9.17, 15) is 13.2 Å². The van der Waals surface area contributed by atoms with Gasteiger partial charge in [0.15, 0.2) is 0 Å². The number of carbonyl (C=O) groups excluding carboxylic acids is 1. The van der Waals surface area contributed by atoms with Gasteiger partial charge in [-0.05, 0) is 55.0 Å². The molecule has 0 aliphatic heterocycles. The summed E-state index contributed by atoms with van der Waals surface area (Å²) in [5.74, 6) is -0.290. The Balaban J connectivity index is 1.71. The molecular weight excluding hydrogens is 455 g/mol. The Morgan fingerprint density at radius 2 is 1.65 bits per heavy atom. The second-order valence-electron chi connectivity index (χ2n) is 7.10. The first-order valence-corrected chi connectivity index (χ1v) is 11.6. The fourth-order valence-electron chi connectivity index (χ4n) is 3.37. The van der Waals surface area contributed by atoms with Crippen molar-refractivity contribution in [2.45, 2.75) is 23.3 Å². The zero-order chi connectivity index (χ0) is 22.2. The summed E-state index contributed by atoms with van der Waals surface area (Å²) in [6, 6.07) is 18.3. The molecule has 1 aromatic heterocycles. The number of aryl methyl sites for hydroxylation is 1. The smallest absolute Gasteiger partial charge is 0.244 e. The first-order chi connectivity index (χ1) is 14.8. The van der Waals surface area contributed by atoms with Gasteiger partial charge in [-0.2, -0.15) is 0 Å². The minimum atomic E-state index is -3.80. The Morgan fingerprint density at radius 3 is 2.39 bits per heavy atom. The van der Waals surface area contributed by atoms with Crippen LogP contribution < -0.4 is 5.32 Å². The quantitative estimate of drug-likeness (QED) is 0.403. The van der Waals surface area contributed by atoms with Gasteiger partial charge in [-0.25, -0.2) is 8.42 Å². The predicted molar refractivity (Wildman–Crippen MR) is 124 cm³/mol. The van der Waals surface area contributed by atoms with Gasteiger partial charge >= 0.3 is 0 Å².